The fraction of sp³-hybridized carbons (Fsp3) is 0.538. The van der Waals surface area contributed by atoms with Crippen molar-refractivity contribution in [2.45, 2.75) is 18.9 Å². The molecule has 0 spiro atoms. The van der Waals surface area contributed by atoms with Gasteiger partial charge in [-0.3, -0.25) is 4.79 Å². The Morgan fingerprint density at radius 2 is 2.28 bits per heavy atom. The van der Waals surface area contributed by atoms with Gasteiger partial charge in [0.25, 0.3) is 5.91 Å². The van der Waals surface area contributed by atoms with Crippen molar-refractivity contribution in [3.8, 4) is 0 Å². The van der Waals surface area contributed by atoms with Crippen LogP contribution in [0.25, 0.3) is 0 Å². The fourth-order valence-corrected chi connectivity index (χ4v) is 2.12. The fourth-order valence-electron chi connectivity index (χ4n) is 2.12. The molecule has 0 radical (unpaired) electrons. The molecule has 1 amide bonds. The van der Waals surface area contributed by atoms with Crippen LogP contribution in [0.15, 0.2) is 18.3 Å². The number of β-amino-alcohol motifs (C(OH)–C–C–N with tert-alkyl or cyclic N) is 1. The molecule has 1 aliphatic rings. The lowest BCUT2D eigenvalue weighted by Gasteiger charge is -2.31. The summed E-state index contributed by atoms with van der Waals surface area (Å²) in [6.45, 7) is 1.53. The van der Waals surface area contributed by atoms with Gasteiger partial charge in [-0.1, -0.05) is 0 Å². The van der Waals surface area contributed by atoms with Crippen LogP contribution in [-0.2, 0) is 0 Å². The molecule has 1 saturated heterocycles. The van der Waals surface area contributed by atoms with Gasteiger partial charge >= 0.3 is 0 Å². The van der Waals surface area contributed by atoms with Gasteiger partial charge in [0.15, 0.2) is 0 Å². The van der Waals surface area contributed by atoms with Gasteiger partial charge in [0.1, 0.15) is 5.82 Å². The first-order valence-corrected chi connectivity index (χ1v) is 6.18. The maximum atomic E-state index is 11.7. The second kappa shape index (κ2) is 5.35. The number of piperidine rings is 1. The summed E-state index contributed by atoms with van der Waals surface area (Å²) in [6, 6.07) is 3.63. The standard InChI is InChI=1S/C13H19N3O2/c1-15(2)13(18)10-5-6-12(14-8-10)16-7-3-4-11(17)9-16/h5-6,8,11,17H,3-4,7,9H2,1-2H3. The maximum absolute atomic E-state index is 11.7. The largest absolute Gasteiger partial charge is 0.391 e. The summed E-state index contributed by atoms with van der Waals surface area (Å²) < 4.78 is 0. The van der Waals surface area contributed by atoms with Crippen molar-refractivity contribution in [2.24, 2.45) is 0 Å². The zero-order valence-corrected chi connectivity index (χ0v) is 10.8. The molecule has 0 aromatic carbocycles. The minimum absolute atomic E-state index is 0.0484. The number of aromatic nitrogens is 1. The van der Waals surface area contributed by atoms with E-state index in [1.807, 2.05) is 6.07 Å². The maximum Gasteiger partial charge on any atom is 0.254 e. The zero-order valence-electron chi connectivity index (χ0n) is 10.8. The van der Waals surface area contributed by atoms with Gasteiger partial charge in [-0.25, -0.2) is 4.98 Å². The highest BCUT2D eigenvalue weighted by molar-refractivity contribution is 5.93. The first-order valence-electron chi connectivity index (χ1n) is 6.18. The number of pyridine rings is 1. The van der Waals surface area contributed by atoms with E-state index in [1.165, 1.54) is 4.90 Å². The molecule has 1 atom stereocenters. The number of hydrogen-bond acceptors (Lipinski definition) is 4. The molecular weight excluding hydrogens is 230 g/mol. The van der Waals surface area contributed by atoms with E-state index < -0.39 is 0 Å². The topological polar surface area (TPSA) is 56.7 Å². The summed E-state index contributed by atoms with van der Waals surface area (Å²) in [5.41, 5.74) is 0.585. The minimum Gasteiger partial charge on any atom is -0.391 e. The minimum atomic E-state index is -0.274. The molecule has 98 valence electrons. The summed E-state index contributed by atoms with van der Waals surface area (Å²) in [5, 5.41) is 9.63. The van der Waals surface area contributed by atoms with Crippen LogP contribution in [0.1, 0.15) is 23.2 Å². The van der Waals surface area contributed by atoms with Crippen LogP contribution in [0, 0.1) is 0 Å². The van der Waals surface area contributed by atoms with Gasteiger partial charge in [0, 0.05) is 33.4 Å². The Bertz CT molecular complexity index is 417. The van der Waals surface area contributed by atoms with Gasteiger partial charge in [-0.15, -0.1) is 0 Å². The smallest absolute Gasteiger partial charge is 0.254 e. The monoisotopic (exact) mass is 249 g/mol. The van der Waals surface area contributed by atoms with E-state index in [9.17, 15) is 9.90 Å². The molecule has 2 heterocycles. The number of hydrogen-bond donors (Lipinski definition) is 1. The van der Waals surface area contributed by atoms with Crippen LogP contribution >= 0.6 is 0 Å². The van der Waals surface area contributed by atoms with Crippen LogP contribution in [0.4, 0.5) is 5.82 Å². The Morgan fingerprint density at radius 3 is 2.83 bits per heavy atom. The summed E-state index contributed by atoms with van der Waals surface area (Å²) in [6.07, 6.45) is 3.15. The molecule has 1 aromatic heterocycles. The lowest BCUT2D eigenvalue weighted by atomic mass is 10.1. The predicted octanol–water partition coefficient (Wildman–Crippen LogP) is 0.744. The molecule has 0 saturated carbocycles. The number of amides is 1. The van der Waals surface area contributed by atoms with Crippen LogP contribution in [-0.4, -0.2) is 54.2 Å². The van der Waals surface area contributed by atoms with E-state index in [2.05, 4.69) is 9.88 Å². The predicted molar refractivity (Wildman–Crippen MR) is 69.7 cm³/mol. The van der Waals surface area contributed by atoms with E-state index in [4.69, 9.17) is 0 Å². The quantitative estimate of drug-likeness (QED) is 0.840. The second-order valence-electron chi connectivity index (χ2n) is 4.85. The van der Waals surface area contributed by atoms with E-state index in [0.29, 0.717) is 12.1 Å². The number of rotatable bonds is 2. The molecule has 5 nitrogen and oxygen atoms in total. The molecule has 1 N–H and O–H groups in total. The molecule has 18 heavy (non-hydrogen) atoms. The normalized spacial score (nSPS) is 19.7. The van der Waals surface area contributed by atoms with Crippen molar-refractivity contribution >= 4 is 11.7 Å². The van der Waals surface area contributed by atoms with Crippen molar-refractivity contribution in [2.75, 3.05) is 32.1 Å². The second-order valence-corrected chi connectivity index (χ2v) is 4.85. The first kappa shape index (κ1) is 12.8. The number of aliphatic hydroxyl groups excluding tert-OH is 1. The van der Waals surface area contributed by atoms with Gasteiger partial charge in [0.05, 0.1) is 11.7 Å². The summed E-state index contributed by atoms with van der Waals surface area (Å²) in [7, 11) is 3.44. The molecule has 0 aliphatic carbocycles. The van der Waals surface area contributed by atoms with Crippen LogP contribution in [0.3, 0.4) is 0 Å². The highest BCUT2D eigenvalue weighted by atomic mass is 16.3. The third kappa shape index (κ3) is 2.79. The number of aliphatic hydroxyl groups is 1. The highest BCUT2D eigenvalue weighted by Gasteiger charge is 2.19. The van der Waals surface area contributed by atoms with Crippen LogP contribution in [0.5, 0.6) is 0 Å². The molecule has 5 heteroatoms. The lowest BCUT2D eigenvalue weighted by molar-refractivity contribution is 0.0827. The van der Waals surface area contributed by atoms with E-state index in [1.54, 1.807) is 26.4 Å². The number of nitrogens with zero attached hydrogens (tertiary/aromatic N) is 3. The summed E-state index contributed by atoms with van der Waals surface area (Å²) in [5.74, 6) is 0.775. The van der Waals surface area contributed by atoms with E-state index in [-0.39, 0.29) is 12.0 Å². The van der Waals surface area contributed by atoms with Crippen molar-refractivity contribution in [3.63, 3.8) is 0 Å². The Balaban J connectivity index is 2.10. The molecule has 2 rings (SSSR count). The molecule has 1 fully saturated rings. The number of carbonyl (C=O) groups excluding carboxylic acids is 1. The van der Waals surface area contributed by atoms with Gasteiger partial charge < -0.3 is 14.9 Å². The Labute approximate surface area is 107 Å². The summed E-state index contributed by atoms with van der Waals surface area (Å²) in [4.78, 5) is 19.6. The lowest BCUT2D eigenvalue weighted by Crippen LogP contribution is -2.38. The van der Waals surface area contributed by atoms with E-state index >= 15 is 0 Å². The Kier molecular flexibility index (Phi) is 3.81. The third-order valence-electron chi connectivity index (χ3n) is 3.12. The number of anilines is 1. The highest BCUT2D eigenvalue weighted by Crippen LogP contribution is 2.18. The first-order chi connectivity index (χ1) is 8.58. The average molecular weight is 249 g/mol. The average Bonchev–Trinajstić information content (AvgIpc) is 2.38. The molecule has 1 aromatic rings. The zero-order chi connectivity index (χ0) is 13.1. The number of carbonyl (C=O) groups is 1. The SMILES string of the molecule is CN(C)C(=O)c1ccc(N2CCCC(O)C2)nc1. The Hall–Kier alpha value is -1.62. The van der Waals surface area contributed by atoms with Gasteiger partial charge in [-0.05, 0) is 25.0 Å². The van der Waals surface area contributed by atoms with Crippen molar-refractivity contribution in [1.29, 1.82) is 0 Å². The van der Waals surface area contributed by atoms with Crippen LogP contribution in [0.2, 0.25) is 0 Å². The summed E-state index contributed by atoms with van der Waals surface area (Å²) >= 11 is 0. The molecular formula is C13H19N3O2. The van der Waals surface area contributed by atoms with Gasteiger partial charge in [0.2, 0.25) is 0 Å². The third-order valence-corrected chi connectivity index (χ3v) is 3.12. The van der Waals surface area contributed by atoms with Gasteiger partial charge in [-0.2, -0.15) is 0 Å². The molecule has 1 aliphatic heterocycles. The van der Waals surface area contributed by atoms with Crippen molar-refractivity contribution < 1.29 is 9.90 Å². The van der Waals surface area contributed by atoms with Crippen molar-refractivity contribution in [1.82, 2.24) is 9.88 Å². The molecule has 1 unspecified atom stereocenters. The van der Waals surface area contributed by atoms with E-state index in [0.717, 1.165) is 25.2 Å². The molecule has 0 bridgehead atoms. The Morgan fingerprint density at radius 1 is 1.50 bits per heavy atom. The van der Waals surface area contributed by atoms with Crippen LogP contribution < -0.4 is 4.90 Å². The van der Waals surface area contributed by atoms with Crippen molar-refractivity contribution in [3.05, 3.63) is 23.9 Å².